The van der Waals surface area contributed by atoms with E-state index in [1.165, 1.54) is 0 Å². The van der Waals surface area contributed by atoms with Gasteiger partial charge < -0.3 is 10.4 Å². The van der Waals surface area contributed by atoms with Crippen molar-refractivity contribution in [2.75, 3.05) is 6.54 Å². The Bertz CT molecular complexity index is 434. The molecule has 0 aliphatic heterocycles. The van der Waals surface area contributed by atoms with Gasteiger partial charge in [-0.3, -0.25) is 4.79 Å². The van der Waals surface area contributed by atoms with E-state index in [0.717, 1.165) is 0 Å². The third-order valence-electron chi connectivity index (χ3n) is 2.04. The number of hydrogen-bond donors (Lipinski definition) is 2. The van der Waals surface area contributed by atoms with Crippen molar-refractivity contribution < 1.29 is 9.90 Å². The van der Waals surface area contributed by atoms with Crippen molar-refractivity contribution >= 4 is 29.1 Å². The summed E-state index contributed by atoms with van der Waals surface area (Å²) in [5, 5.41) is 13.1. The highest BCUT2D eigenvalue weighted by Crippen LogP contribution is 2.25. The fourth-order valence-electron chi connectivity index (χ4n) is 1.28. The van der Waals surface area contributed by atoms with Crippen LogP contribution in [0, 0.1) is 12.3 Å². The molecule has 0 saturated heterocycles. The van der Waals surface area contributed by atoms with E-state index in [1.54, 1.807) is 18.2 Å². The summed E-state index contributed by atoms with van der Waals surface area (Å²) in [6.07, 6.45) is 3.96. The first-order chi connectivity index (χ1) is 8.02. The molecule has 3 nitrogen and oxygen atoms in total. The lowest BCUT2D eigenvalue weighted by Gasteiger charge is -2.11. The van der Waals surface area contributed by atoms with Crippen LogP contribution >= 0.6 is 23.2 Å². The Morgan fingerprint density at radius 3 is 2.53 bits per heavy atom. The normalized spacial score (nSPS) is 11.6. The van der Waals surface area contributed by atoms with Gasteiger partial charge >= 0.3 is 0 Å². The third-order valence-corrected chi connectivity index (χ3v) is 2.47. The Morgan fingerprint density at radius 1 is 1.41 bits per heavy atom. The standard InChI is InChI=1S/C12H11Cl2NO2/c1-2-3-15-12(17)7-11(16)8-4-9(13)6-10(14)5-8/h1,4-6,11,16H,3,7H2,(H,15,17). The van der Waals surface area contributed by atoms with E-state index in [1.807, 2.05) is 0 Å². The zero-order valence-electron chi connectivity index (χ0n) is 8.91. The number of rotatable bonds is 4. The maximum Gasteiger partial charge on any atom is 0.223 e. The largest absolute Gasteiger partial charge is 0.388 e. The molecule has 1 rings (SSSR count). The molecule has 1 aromatic carbocycles. The molecule has 1 amide bonds. The number of aliphatic hydroxyl groups excluding tert-OH is 1. The minimum atomic E-state index is -0.955. The van der Waals surface area contributed by atoms with E-state index in [-0.39, 0.29) is 18.9 Å². The van der Waals surface area contributed by atoms with Crippen LogP contribution in [0.25, 0.3) is 0 Å². The minimum absolute atomic E-state index is 0.0850. The second kappa shape index (κ2) is 6.51. The zero-order chi connectivity index (χ0) is 12.8. The van der Waals surface area contributed by atoms with Crippen molar-refractivity contribution in [3.8, 4) is 12.3 Å². The number of hydrogen-bond acceptors (Lipinski definition) is 2. The molecule has 0 radical (unpaired) electrons. The molecule has 0 fully saturated rings. The molecule has 1 atom stereocenters. The maximum atomic E-state index is 11.3. The van der Waals surface area contributed by atoms with E-state index < -0.39 is 6.10 Å². The molecule has 0 spiro atoms. The maximum absolute atomic E-state index is 11.3. The summed E-state index contributed by atoms with van der Waals surface area (Å²) in [6, 6.07) is 4.68. The van der Waals surface area contributed by atoms with Gasteiger partial charge in [0.05, 0.1) is 19.1 Å². The van der Waals surface area contributed by atoms with Crippen LogP contribution in [0.1, 0.15) is 18.1 Å². The van der Waals surface area contributed by atoms with Crippen LogP contribution < -0.4 is 5.32 Å². The van der Waals surface area contributed by atoms with E-state index in [2.05, 4.69) is 11.2 Å². The summed E-state index contributed by atoms with van der Waals surface area (Å²) in [4.78, 5) is 11.3. The van der Waals surface area contributed by atoms with Gasteiger partial charge in [-0.15, -0.1) is 6.42 Å². The van der Waals surface area contributed by atoms with Crippen LogP contribution in [0.5, 0.6) is 0 Å². The average Bonchev–Trinajstić information content (AvgIpc) is 2.25. The summed E-state index contributed by atoms with van der Waals surface area (Å²) >= 11 is 11.6. The van der Waals surface area contributed by atoms with E-state index >= 15 is 0 Å². The van der Waals surface area contributed by atoms with Crippen LogP contribution in [-0.4, -0.2) is 17.6 Å². The summed E-state index contributed by atoms with van der Waals surface area (Å²) in [5.74, 6) is 1.95. The first-order valence-corrected chi connectivity index (χ1v) is 5.62. The topological polar surface area (TPSA) is 49.3 Å². The molecule has 1 aromatic rings. The first-order valence-electron chi connectivity index (χ1n) is 4.87. The summed E-state index contributed by atoms with van der Waals surface area (Å²) in [6.45, 7) is 0.141. The Balaban J connectivity index is 2.66. The number of carbonyl (C=O) groups excluding carboxylic acids is 1. The van der Waals surface area contributed by atoms with Crippen LogP contribution in [0.2, 0.25) is 10.0 Å². The van der Waals surface area contributed by atoms with Crippen molar-refractivity contribution in [3.63, 3.8) is 0 Å². The number of aliphatic hydroxyl groups is 1. The van der Waals surface area contributed by atoms with Gasteiger partial charge in [0.1, 0.15) is 0 Å². The van der Waals surface area contributed by atoms with Crippen LogP contribution in [0.4, 0.5) is 0 Å². The molecule has 0 aromatic heterocycles. The molecule has 17 heavy (non-hydrogen) atoms. The quantitative estimate of drug-likeness (QED) is 0.825. The van der Waals surface area contributed by atoms with E-state index in [0.29, 0.717) is 15.6 Å². The fourth-order valence-corrected chi connectivity index (χ4v) is 1.83. The van der Waals surface area contributed by atoms with Gasteiger partial charge in [0.25, 0.3) is 0 Å². The molecule has 90 valence electrons. The SMILES string of the molecule is C#CCNC(=O)CC(O)c1cc(Cl)cc(Cl)c1. The smallest absolute Gasteiger partial charge is 0.223 e. The predicted molar refractivity (Wildman–Crippen MR) is 67.9 cm³/mol. The number of amides is 1. The highest BCUT2D eigenvalue weighted by Gasteiger charge is 2.13. The lowest BCUT2D eigenvalue weighted by Crippen LogP contribution is -2.25. The Labute approximate surface area is 110 Å². The van der Waals surface area contributed by atoms with E-state index in [9.17, 15) is 9.90 Å². The number of halogens is 2. The first kappa shape index (κ1) is 13.9. The molecular formula is C12H11Cl2NO2. The fraction of sp³-hybridized carbons (Fsp3) is 0.250. The summed E-state index contributed by atoms with van der Waals surface area (Å²) < 4.78 is 0. The predicted octanol–water partition coefficient (Wildman–Crippen LogP) is 2.17. The molecule has 0 bridgehead atoms. The van der Waals surface area contributed by atoms with Crippen LogP contribution in [-0.2, 0) is 4.79 Å². The molecule has 0 heterocycles. The molecule has 0 aliphatic carbocycles. The molecule has 0 saturated carbocycles. The van der Waals surface area contributed by atoms with Gasteiger partial charge in [-0.05, 0) is 23.8 Å². The Hall–Kier alpha value is -1.21. The van der Waals surface area contributed by atoms with Gasteiger partial charge in [-0.1, -0.05) is 29.1 Å². The van der Waals surface area contributed by atoms with Crippen molar-refractivity contribution in [2.24, 2.45) is 0 Å². The van der Waals surface area contributed by atoms with Crippen molar-refractivity contribution in [1.82, 2.24) is 5.32 Å². The van der Waals surface area contributed by atoms with Crippen LogP contribution in [0.15, 0.2) is 18.2 Å². The summed E-state index contributed by atoms with van der Waals surface area (Å²) in [7, 11) is 0. The van der Waals surface area contributed by atoms with E-state index in [4.69, 9.17) is 29.6 Å². The molecule has 2 N–H and O–H groups in total. The molecule has 5 heteroatoms. The van der Waals surface area contributed by atoms with Crippen molar-refractivity contribution in [3.05, 3.63) is 33.8 Å². The second-order valence-electron chi connectivity index (χ2n) is 3.40. The Morgan fingerprint density at radius 2 is 2.00 bits per heavy atom. The molecular weight excluding hydrogens is 261 g/mol. The molecule has 0 aliphatic rings. The highest BCUT2D eigenvalue weighted by molar-refractivity contribution is 6.34. The number of nitrogens with one attached hydrogen (secondary N) is 1. The molecule has 1 unspecified atom stereocenters. The third kappa shape index (κ3) is 4.66. The van der Waals surface area contributed by atoms with Gasteiger partial charge in [-0.2, -0.15) is 0 Å². The lowest BCUT2D eigenvalue weighted by molar-refractivity contribution is -0.122. The zero-order valence-corrected chi connectivity index (χ0v) is 10.4. The highest BCUT2D eigenvalue weighted by atomic mass is 35.5. The second-order valence-corrected chi connectivity index (χ2v) is 4.28. The minimum Gasteiger partial charge on any atom is -0.388 e. The number of terminal acetylenes is 1. The summed E-state index contributed by atoms with van der Waals surface area (Å²) in [5.41, 5.74) is 0.498. The van der Waals surface area contributed by atoms with Crippen molar-refractivity contribution in [1.29, 1.82) is 0 Å². The monoisotopic (exact) mass is 271 g/mol. The van der Waals surface area contributed by atoms with Gasteiger partial charge in [0, 0.05) is 10.0 Å². The average molecular weight is 272 g/mol. The number of benzene rings is 1. The van der Waals surface area contributed by atoms with Gasteiger partial charge in [0.2, 0.25) is 5.91 Å². The van der Waals surface area contributed by atoms with Gasteiger partial charge in [-0.25, -0.2) is 0 Å². The lowest BCUT2D eigenvalue weighted by atomic mass is 10.1. The van der Waals surface area contributed by atoms with Crippen molar-refractivity contribution in [2.45, 2.75) is 12.5 Å². The van der Waals surface area contributed by atoms with Crippen LogP contribution in [0.3, 0.4) is 0 Å². The number of carbonyl (C=O) groups is 1. The van der Waals surface area contributed by atoms with Gasteiger partial charge in [0.15, 0.2) is 0 Å². The Kier molecular flexibility index (Phi) is 5.30.